The molecular weight excluding hydrogens is 402 g/mol. The molecule has 1 aliphatic rings. The first kappa shape index (κ1) is 14.5. The van der Waals surface area contributed by atoms with E-state index < -0.39 is 19.8 Å². The molecule has 0 saturated heterocycles. The molecule has 2 heteroatoms. The van der Waals surface area contributed by atoms with Gasteiger partial charge >= 0.3 is 110 Å². The summed E-state index contributed by atoms with van der Waals surface area (Å²) in [6, 6.07) is 13.4. The molecule has 18 heavy (non-hydrogen) atoms. The first-order valence-electron chi connectivity index (χ1n) is 6.18. The number of allylic oxidation sites excluding steroid dienone is 1. The van der Waals surface area contributed by atoms with Gasteiger partial charge in [-0.1, -0.05) is 0 Å². The van der Waals surface area contributed by atoms with Gasteiger partial charge in [-0.2, -0.15) is 0 Å². The maximum absolute atomic E-state index is 2.51. The molecule has 0 heterocycles. The topological polar surface area (TPSA) is 0 Å². The summed E-state index contributed by atoms with van der Waals surface area (Å²) in [5.41, 5.74) is 4.68. The van der Waals surface area contributed by atoms with Gasteiger partial charge in [0.05, 0.1) is 0 Å². The third-order valence-electron chi connectivity index (χ3n) is 3.72. The summed E-state index contributed by atoms with van der Waals surface area (Å²) >= 11 is -1.22. The Morgan fingerprint density at radius 2 is 1.72 bits per heavy atom. The smallest absolute Gasteiger partial charge is 0 e. The van der Waals surface area contributed by atoms with E-state index in [1.165, 1.54) is 16.3 Å². The van der Waals surface area contributed by atoms with Gasteiger partial charge in [-0.25, -0.2) is 0 Å². The number of fused-ring (bicyclic) bond motifs is 3. The van der Waals surface area contributed by atoms with Crippen LogP contribution in [0.3, 0.4) is 0 Å². The van der Waals surface area contributed by atoms with E-state index in [0.717, 1.165) is 3.93 Å². The Balaban J connectivity index is 0.00000120. The second-order valence-electron chi connectivity index (χ2n) is 5.19. The molecule has 0 N–H and O–H groups in total. The van der Waals surface area contributed by atoms with Crippen LogP contribution in [0.1, 0.15) is 22.0 Å². The zero-order chi connectivity index (χ0) is 12.0. The molecule has 1 radical (unpaired) electrons. The summed E-state index contributed by atoms with van der Waals surface area (Å²) in [6.07, 6.45) is 2.43. The van der Waals surface area contributed by atoms with Crippen molar-refractivity contribution in [2.75, 3.05) is 0 Å². The van der Waals surface area contributed by atoms with Crippen molar-refractivity contribution in [3.63, 3.8) is 0 Å². The van der Waals surface area contributed by atoms with Crippen LogP contribution in [0.4, 0.5) is 0 Å². The Morgan fingerprint density at radius 3 is 2.44 bits per heavy atom. The fraction of sp³-hybridized carbons (Fsp3) is 0.250. The summed E-state index contributed by atoms with van der Waals surface area (Å²) < 4.78 is 0.803. The van der Waals surface area contributed by atoms with Crippen molar-refractivity contribution in [3.8, 4) is 0 Å². The monoisotopic (exact) mass is 419 g/mol. The van der Waals surface area contributed by atoms with Crippen molar-refractivity contribution < 1.29 is 26.2 Å². The first-order valence-corrected chi connectivity index (χ1v) is 13.5. The Kier molecular flexibility index (Phi) is 4.54. The minimum atomic E-state index is -1.22. The average molecular weight is 419 g/mol. The van der Waals surface area contributed by atoms with E-state index in [0.29, 0.717) is 0 Å². The molecule has 0 bridgehead atoms. The van der Waals surface area contributed by atoms with Crippen LogP contribution in [0, 0.1) is 0 Å². The first-order chi connectivity index (χ1) is 8.18. The SMILES string of the molecule is CC1=Cc2c(ccc3ccccc23)[CH]1[Sn]([CH3])[CH3].[Zr]. The van der Waals surface area contributed by atoms with Crippen molar-refractivity contribution in [2.45, 2.75) is 20.7 Å². The largest absolute Gasteiger partial charge is 0 e. The molecule has 0 aliphatic heterocycles. The molecule has 1 aliphatic carbocycles. The Hall–Kier alpha value is 0.122. The quantitative estimate of drug-likeness (QED) is 0.592. The van der Waals surface area contributed by atoms with E-state index in [1.54, 1.807) is 11.1 Å². The van der Waals surface area contributed by atoms with Gasteiger partial charge in [0.1, 0.15) is 0 Å². The summed E-state index contributed by atoms with van der Waals surface area (Å²) in [4.78, 5) is 5.02. The molecule has 0 aromatic heterocycles. The maximum Gasteiger partial charge on any atom is 0 e. The van der Waals surface area contributed by atoms with Crippen LogP contribution in [0.15, 0.2) is 42.0 Å². The molecule has 0 spiro atoms. The van der Waals surface area contributed by atoms with Crippen LogP contribution >= 0.6 is 0 Å². The summed E-state index contributed by atoms with van der Waals surface area (Å²) in [5, 5.41) is 2.80. The fourth-order valence-corrected chi connectivity index (χ4v) is 8.38. The molecule has 2 aromatic carbocycles. The maximum atomic E-state index is 2.51. The third kappa shape index (κ3) is 2.29. The average Bonchev–Trinajstić information content (AvgIpc) is 2.65. The van der Waals surface area contributed by atoms with Crippen molar-refractivity contribution >= 4 is 36.6 Å². The number of rotatable bonds is 1. The van der Waals surface area contributed by atoms with E-state index in [4.69, 9.17) is 0 Å². The van der Waals surface area contributed by atoms with Crippen LogP contribution < -0.4 is 0 Å². The van der Waals surface area contributed by atoms with Gasteiger partial charge in [-0.15, -0.1) is 0 Å². The summed E-state index contributed by atoms with van der Waals surface area (Å²) in [5.74, 6) is 0. The van der Waals surface area contributed by atoms with Crippen LogP contribution in [-0.2, 0) is 26.2 Å². The second-order valence-corrected chi connectivity index (χ2v) is 13.0. The van der Waals surface area contributed by atoms with Gasteiger partial charge in [0.25, 0.3) is 0 Å². The Morgan fingerprint density at radius 1 is 1.00 bits per heavy atom. The van der Waals surface area contributed by atoms with Crippen molar-refractivity contribution in [3.05, 3.63) is 53.1 Å². The molecule has 0 saturated carbocycles. The molecule has 0 fully saturated rings. The Labute approximate surface area is 135 Å². The second kappa shape index (κ2) is 5.63. The van der Waals surface area contributed by atoms with Gasteiger partial charge in [-0.05, 0) is 0 Å². The number of hydrogen-bond acceptors (Lipinski definition) is 0. The van der Waals surface area contributed by atoms with E-state index in [-0.39, 0.29) is 26.2 Å². The van der Waals surface area contributed by atoms with Crippen LogP contribution in [0.5, 0.6) is 0 Å². The molecule has 3 rings (SSSR count). The molecular formula is C16H17SnZr. The van der Waals surface area contributed by atoms with E-state index in [1.807, 2.05) is 0 Å². The van der Waals surface area contributed by atoms with E-state index in [9.17, 15) is 0 Å². The van der Waals surface area contributed by atoms with Crippen LogP contribution in [0.25, 0.3) is 16.8 Å². The molecule has 0 amide bonds. The van der Waals surface area contributed by atoms with Crippen LogP contribution in [0.2, 0.25) is 9.88 Å². The van der Waals surface area contributed by atoms with Crippen LogP contribution in [-0.4, -0.2) is 19.8 Å². The predicted octanol–water partition coefficient (Wildman–Crippen LogP) is 4.63. The van der Waals surface area contributed by atoms with Gasteiger partial charge in [0.2, 0.25) is 0 Å². The van der Waals surface area contributed by atoms with Gasteiger partial charge in [0.15, 0.2) is 0 Å². The van der Waals surface area contributed by atoms with Crippen molar-refractivity contribution in [1.29, 1.82) is 0 Å². The standard InChI is InChI=1S/C14H11.2CH3.Sn.Zr/c1-10-8-12-7-6-11-4-2-3-5-13(11)14(12)9-10;;;;/h2-9H,1H3;2*1H3;;. The molecule has 0 nitrogen and oxygen atoms in total. The summed E-state index contributed by atoms with van der Waals surface area (Å²) in [6.45, 7) is 2.31. The fourth-order valence-electron chi connectivity index (χ4n) is 3.05. The zero-order valence-corrected chi connectivity index (χ0v) is 16.4. The summed E-state index contributed by atoms with van der Waals surface area (Å²) in [7, 11) is 0. The minimum absolute atomic E-state index is 0. The third-order valence-corrected chi connectivity index (χ3v) is 9.20. The zero-order valence-electron chi connectivity index (χ0n) is 11.1. The van der Waals surface area contributed by atoms with E-state index >= 15 is 0 Å². The van der Waals surface area contributed by atoms with Gasteiger partial charge in [0, 0.05) is 26.2 Å². The predicted molar refractivity (Wildman–Crippen MR) is 77.8 cm³/mol. The van der Waals surface area contributed by atoms with E-state index in [2.05, 4.69) is 59.3 Å². The number of hydrogen-bond donors (Lipinski definition) is 0. The molecule has 89 valence electrons. The van der Waals surface area contributed by atoms with Gasteiger partial charge < -0.3 is 0 Å². The Bertz CT molecular complexity index is 614. The molecule has 1 unspecified atom stereocenters. The normalized spacial score (nSPS) is 17.6. The number of benzene rings is 2. The minimum Gasteiger partial charge on any atom is 0 e. The molecule has 1 atom stereocenters. The van der Waals surface area contributed by atoms with Gasteiger partial charge in [-0.3, -0.25) is 0 Å². The van der Waals surface area contributed by atoms with Crippen molar-refractivity contribution in [1.82, 2.24) is 0 Å². The van der Waals surface area contributed by atoms with Crippen molar-refractivity contribution in [2.24, 2.45) is 0 Å². The molecule has 2 aromatic rings.